The number of primary sulfonamides is 1. The molecule has 112 valence electrons. The van der Waals surface area contributed by atoms with Crippen molar-refractivity contribution < 1.29 is 8.42 Å². The number of anilines is 1. The second-order valence-corrected chi connectivity index (χ2v) is 7.24. The SMILES string of the molecule is Cc1ccc(SCCNc2ccc(S(N)(=O)=O)cn2)cc1. The number of nitrogens with two attached hydrogens (primary N) is 1. The maximum Gasteiger partial charge on any atom is 0.239 e. The van der Waals surface area contributed by atoms with E-state index in [0.717, 1.165) is 12.3 Å². The lowest BCUT2D eigenvalue weighted by Crippen LogP contribution is -2.13. The van der Waals surface area contributed by atoms with Gasteiger partial charge in [-0.2, -0.15) is 0 Å². The van der Waals surface area contributed by atoms with Crippen molar-refractivity contribution in [3.8, 4) is 0 Å². The molecule has 0 aliphatic carbocycles. The third-order valence-electron chi connectivity index (χ3n) is 2.76. The molecule has 2 rings (SSSR count). The molecule has 0 amide bonds. The van der Waals surface area contributed by atoms with Crippen molar-refractivity contribution in [1.82, 2.24) is 4.98 Å². The molecule has 7 heteroatoms. The van der Waals surface area contributed by atoms with Gasteiger partial charge < -0.3 is 5.32 Å². The Morgan fingerprint density at radius 3 is 2.48 bits per heavy atom. The minimum atomic E-state index is -3.68. The molecule has 3 N–H and O–H groups in total. The van der Waals surface area contributed by atoms with Gasteiger partial charge in [0.15, 0.2) is 0 Å². The molecule has 1 aromatic carbocycles. The van der Waals surface area contributed by atoms with Crippen molar-refractivity contribution in [3.05, 3.63) is 48.2 Å². The highest BCUT2D eigenvalue weighted by Crippen LogP contribution is 2.18. The summed E-state index contributed by atoms with van der Waals surface area (Å²) in [5.74, 6) is 1.52. The largest absolute Gasteiger partial charge is 0.369 e. The van der Waals surface area contributed by atoms with Crippen LogP contribution >= 0.6 is 11.8 Å². The van der Waals surface area contributed by atoms with Crippen LogP contribution in [0.5, 0.6) is 0 Å². The van der Waals surface area contributed by atoms with E-state index in [0.29, 0.717) is 5.82 Å². The monoisotopic (exact) mass is 323 g/mol. The molecule has 0 aliphatic heterocycles. The van der Waals surface area contributed by atoms with Gasteiger partial charge in [-0.1, -0.05) is 17.7 Å². The van der Waals surface area contributed by atoms with Gasteiger partial charge >= 0.3 is 0 Å². The van der Waals surface area contributed by atoms with Crippen molar-refractivity contribution in [3.63, 3.8) is 0 Å². The minimum Gasteiger partial charge on any atom is -0.369 e. The van der Waals surface area contributed by atoms with Gasteiger partial charge in [-0.3, -0.25) is 0 Å². The van der Waals surface area contributed by atoms with Crippen LogP contribution in [0.1, 0.15) is 5.56 Å². The van der Waals surface area contributed by atoms with Crippen LogP contribution < -0.4 is 10.5 Å². The molecular weight excluding hydrogens is 306 g/mol. The quantitative estimate of drug-likeness (QED) is 0.629. The Morgan fingerprint density at radius 2 is 1.90 bits per heavy atom. The number of sulfonamides is 1. The predicted octanol–water partition coefficient (Wildman–Crippen LogP) is 2.24. The highest BCUT2D eigenvalue weighted by atomic mass is 32.2. The van der Waals surface area contributed by atoms with Crippen LogP contribution in [0.15, 0.2) is 52.4 Å². The first kappa shape index (κ1) is 15.8. The number of pyridine rings is 1. The number of aryl methyl sites for hydroxylation is 1. The van der Waals surface area contributed by atoms with E-state index < -0.39 is 10.0 Å². The van der Waals surface area contributed by atoms with Crippen LogP contribution in [-0.4, -0.2) is 25.7 Å². The fraction of sp³-hybridized carbons (Fsp3) is 0.214. The zero-order valence-electron chi connectivity index (χ0n) is 11.6. The van der Waals surface area contributed by atoms with Crippen LogP contribution in [0.3, 0.4) is 0 Å². The molecule has 0 unspecified atom stereocenters. The Kier molecular flexibility index (Phi) is 5.22. The van der Waals surface area contributed by atoms with E-state index in [1.54, 1.807) is 17.8 Å². The number of benzene rings is 1. The van der Waals surface area contributed by atoms with Crippen LogP contribution in [0, 0.1) is 6.92 Å². The predicted molar refractivity (Wildman–Crippen MR) is 86.0 cm³/mol. The zero-order valence-corrected chi connectivity index (χ0v) is 13.2. The minimum absolute atomic E-state index is 0.0158. The Bertz CT molecular complexity index is 683. The van der Waals surface area contributed by atoms with E-state index >= 15 is 0 Å². The van der Waals surface area contributed by atoms with Crippen molar-refractivity contribution in [2.24, 2.45) is 5.14 Å². The topological polar surface area (TPSA) is 85.1 Å². The van der Waals surface area contributed by atoms with E-state index in [-0.39, 0.29) is 4.90 Å². The van der Waals surface area contributed by atoms with Crippen molar-refractivity contribution in [2.45, 2.75) is 16.7 Å². The molecule has 0 saturated carbocycles. The number of hydrogen-bond acceptors (Lipinski definition) is 5. The van der Waals surface area contributed by atoms with Crippen molar-refractivity contribution in [1.29, 1.82) is 0 Å². The summed E-state index contributed by atoms with van der Waals surface area (Å²) in [7, 11) is -3.68. The number of hydrogen-bond donors (Lipinski definition) is 2. The molecule has 0 radical (unpaired) electrons. The lowest BCUT2D eigenvalue weighted by Gasteiger charge is -2.06. The molecule has 21 heavy (non-hydrogen) atoms. The lowest BCUT2D eigenvalue weighted by atomic mass is 10.2. The normalized spacial score (nSPS) is 11.3. The molecule has 1 aromatic heterocycles. The van der Waals surface area contributed by atoms with E-state index in [4.69, 9.17) is 5.14 Å². The average Bonchev–Trinajstić information content (AvgIpc) is 2.45. The summed E-state index contributed by atoms with van der Waals surface area (Å²) < 4.78 is 22.2. The van der Waals surface area contributed by atoms with E-state index in [1.165, 1.54) is 22.7 Å². The van der Waals surface area contributed by atoms with E-state index in [2.05, 4.69) is 41.5 Å². The van der Waals surface area contributed by atoms with Gasteiger partial charge in [0.05, 0.1) is 0 Å². The number of nitrogens with zero attached hydrogens (tertiary/aromatic N) is 1. The molecule has 0 atom stereocenters. The first-order valence-corrected chi connectivity index (χ1v) is 8.90. The number of nitrogens with one attached hydrogen (secondary N) is 1. The Labute approximate surface area is 129 Å². The summed E-state index contributed by atoms with van der Waals surface area (Å²) in [5.41, 5.74) is 1.25. The zero-order chi connectivity index (χ0) is 15.3. The van der Waals surface area contributed by atoms with Crippen LogP contribution in [0.25, 0.3) is 0 Å². The summed E-state index contributed by atoms with van der Waals surface area (Å²) in [4.78, 5) is 5.26. The van der Waals surface area contributed by atoms with Gasteiger partial charge in [-0.25, -0.2) is 18.5 Å². The molecule has 2 aromatic rings. The smallest absolute Gasteiger partial charge is 0.239 e. The summed E-state index contributed by atoms with van der Waals surface area (Å²) in [5, 5.41) is 8.15. The van der Waals surface area contributed by atoms with Crippen LogP contribution in [0.2, 0.25) is 0 Å². The third kappa shape index (κ3) is 5.04. The molecule has 1 heterocycles. The standard InChI is InChI=1S/C14H17N3O2S2/c1-11-2-4-12(5-3-11)20-9-8-16-14-7-6-13(10-17-14)21(15,18)19/h2-7,10H,8-9H2,1H3,(H,16,17)(H2,15,18,19). The highest BCUT2D eigenvalue weighted by molar-refractivity contribution is 7.99. The van der Waals surface area contributed by atoms with Gasteiger partial charge in [0.1, 0.15) is 10.7 Å². The maximum absolute atomic E-state index is 11.1. The Balaban J connectivity index is 1.80. The van der Waals surface area contributed by atoms with E-state index in [9.17, 15) is 8.42 Å². The number of aromatic nitrogens is 1. The Hall–Kier alpha value is -1.57. The van der Waals surface area contributed by atoms with Gasteiger partial charge in [0.2, 0.25) is 10.0 Å². The third-order valence-corrected chi connectivity index (χ3v) is 4.68. The second-order valence-electron chi connectivity index (χ2n) is 4.51. The van der Waals surface area contributed by atoms with Gasteiger partial charge in [0.25, 0.3) is 0 Å². The van der Waals surface area contributed by atoms with E-state index in [1.807, 2.05) is 0 Å². The first-order valence-electron chi connectivity index (χ1n) is 6.37. The van der Waals surface area contributed by atoms with Crippen LogP contribution in [0.4, 0.5) is 5.82 Å². The van der Waals surface area contributed by atoms with Crippen LogP contribution in [-0.2, 0) is 10.0 Å². The average molecular weight is 323 g/mol. The highest BCUT2D eigenvalue weighted by Gasteiger charge is 2.07. The van der Waals surface area contributed by atoms with Gasteiger partial charge in [0, 0.05) is 23.4 Å². The second kappa shape index (κ2) is 6.93. The molecule has 5 nitrogen and oxygen atoms in total. The fourth-order valence-corrected chi connectivity index (χ4v) is 2.86. The summed E-state index contributed by atoms with van der Waals surface area (Å²) >= 11 is 1.75. The summed E-state index contributed by atoms with van der Waals surface area (Å²) in [6.45, 7) is 2.80. The molecule has 0 saturated heterocycles. The fourth-order valence-electron chi connectivity index (χ4n) is 1.64. The van der Waals surface area contributed by atoms with Gasteiger partial charge in [-0.05, 0) is 31.2 Å². The Morgan fingerprint density at radius 1 is 1.19 bits per heavy atom. The number of rotatable bonds is 6. The first-order chi connectivity index (χ1) is 9.95. The van der Waals surface area contributed by atoms with Crippen molar-refractivity contribution in [2.75, 3.05) is 17.6 Å². The number of thioether (sulfide) groups is 1. The maximum atomic E-state index is 11.1. The molecular formula is C14H17N3O2S2. The van der Waals surface area contributed by atoms with Gasteiger partial charge in [-0.15, -0.1) is 11.8 Å². The van der Waals surface area contributed by atoms with Crippen molar-refractivity contribution >= 4 is 27.6 Å². The molecule has 0 aliphatic rings. The molecule has 0 fully saturated rings. The summed E-state index contributed by atoms with van der Waals surface area (Å²) in [6, 6.07) is 11.4. The molecule has 0 spiro atoms. The lowest BCUT2D eigenvalue weighted by molar-refractivity contribution is 0.597. The molecule has 0 bridgehead atoms. The summed E-state index contributed by atoms with van der Waals surface area (Å²) in [6.07, 6.45) is 1.25.